The highest BCUT2D eigenvalue weighted by atomic mass is 16.6. The Kier molecular flexibility index (Phi) is 4.92. The van der Waals surface area contributed by atoms with Crippen LogP contribution in [0.1, 0.15) is 12.0 Å². The van der Waals surface area contributed by atoms with Gasteiger partial charge in [0, 0.05) is 38.0 Å². The topological polar surface area (TPSA) is 92.8 Å². The number of imidazole rings is 1. The highest BCUT2D eigenvalue weighted by Gasteiger charge is 2.30. The summed E-state index contributed by atoms with van der Waals surface area (Å²) in [5, 5.41) is 14.5. The van der Waals surface area contributed by atoms with E-state index in [1.54, 1.807) is 24.4 Å². The summed E-state index contributed by atoms with van der Waals surface area (Å²) in [4.78, 5) is 29.5. The second kappa shape index (κ2) is 7.67. The predicted molar refractivity (Wildman–Crippen MR) is 105 cm³/mol. The number of carbonyl (C=O) groups excluding carboxylic acids is 1. The molecule has 0 aliphatic carbocycles. The number of rotatable bonds is 7. The molecule has 8 heteroatoms. The van der Waals surface area contributed by atoms with Crippen molar-refractivity contribution in [2.75, 3.05) is 25.0 Å². The van der Waals surface area contributed by atoms with Gasteiger partial charge >= 0.3 is 5.82 Å². The molecule has 1 N–H and O–H groups in total. The molecule has 1 saturated heterocycles. The molecule has 0 radical (unpaired) electrons. The minimum Gasteiger partial charge on any atom is -0.363 e. The summed E-state index contributed by atoms with van der Waals surface area (Å²) < 4.78 is 1.45. The number of amides is 1. The van der Waals surface area contributed by atoms with Crippen LogP contribution in [0.2, 0.25) is 0 Å². The second-order valence-corrected chi connectivity index (χ2v) is 7.00. The summed E-state index contributed by atoms with van der Waals surface area (Å²) in [6.45, 7) is 1.81. The first-order valence-electron chi connectivity index (χ1n) is 9.29. The number of hydrogen-bond acceptors (Lipinski definition) is 5. The van der Waals surface area contributed by atoms with Gasteiger partial charge in [-0.3, -0.25) is 4.79 Å². The van der Waals surface area contributed by atoms with Crippen LogP contribution in [0, 0.1) is 16.0 Å². The summed E-state index contributed by atoms with van der Waals surface area (Å²) in [5.41, 5.74) is 1.72. The maximum Gasteiger partial charge on any atom is 0.372 e. The highest BCUT2D eigenvalue weighted by Crippen LogP contribution is 2.26. The number of benzene rings is 1. The van der Waals surface area contributed by atoms with Crippen LogP contribution in [-0.4, -0.2) is 44.7 Å². The lowest BCUT2D eigenvalue weighted by molar-refractivity contribution is -0.389. The average molecular weight is 379 g/mol. The normalized spacial score (nSPS) is 16.6. The fraction of sp³-hybridized carbons (Fsp3) is 0.300. The van der Waals surface area contributed by atoms with Crippen molar-refractivity contribution in [3.05, 3.63) is 70.4 Å². The van der Waals surface area contributed by atoms with Gasteiger partial charge in [0.25, 0.3) is 0 Å². The smallest absolute Gasteiger partial charge is 0.363 e. The van der Waals surface area contributed by atoms with Gasteiger partial charge in [-0.2, -0.15) is 9.38 Å². The Labute approximate surface area is 161 Å². The molecule has 3 aromatic rings. The van der Waals surface area contributed by atoms with E-state index in [1.165, 1.54) is 9.96 Å². The zero-order valence-electron chi connectivity index (χ0n) is 15.3. The minimum atomic E-state index is -0.436. The first-order chi connectivity index (χ1) is 13.6. The molecule has 3 heterocycles. The van der Waals surface area contributed by atoms with Crippen molar-refractivity contribution in [2.45, 2.75) is 12.8 Å². The Morgan fingerprint density at radius 2 is 1.96 bits per heavy atom. The lowest BCUT2D eigenvalue weighted by Crippen LogP contribution is -2.28. The summed E-state index contributed by atoms with van der Waals surface area (Å²) in [5.74, 6) is 0.396. The van der Waals surface area contributed by atoms with E-state index >= 15 is 0 Å². The zero-order valence-corrected chi connectivity index (χ0v) is 15.3. The van der Waals surface area contributed by atoms with Crippen molar-refractivity contribution in [2.24, 2.45) is 5.92 Å². The van der Waals surface area contributed by atoms with Gasteiger partial charge in [0.2, 0.25) is 17.4 Å². The van der Waals surface area contributed by atoms with Crippen molar-refractivity contribution in [1.82, 2.24) is 14.3 Å². The van der Waals surface area contributed by atoms with Gasteiger partial charge in [0.15, 0.2) is 0 Å². The summed E-state index contributed by atoms with van der Waals surface area (Å²) in [6, 6.07) is 15.3. The molecule has 1 amide bonds. The van der Waals surface area contributed by atoms with Crippen LogP contribution in [0.15, 0.2) is 54.7 Å². The van der Waals surface area contributed by atoms with Gasteiger partial charge < -0.3 is 20.3 Å². The lowest BCUT2D eigenvalue weighted by atomic mass is 10.1. The SMILES string of the molecule is O=C1C[C@@H](CNc2nc3ccccn3c2[N+](=O)[O-])CN1CCc1ccccc1. The highest BCUT2D eigenvalue weighted by molar-refractivity contribution is 5.78. The molecule has 28 heavy (non-hydrogen) atoms. The van der Waals surface area contributed by atoms with Gasteiger partial charge in [-0.15, -0.1) is 0 Å². The molecule has 1 fully saturated rings. The fourth-order valence-electron chi connectivity index (χ4n) is 3.63. The third-order valence-corrected chi connectivity index (χ3v) is 5.04. The van der Waals surface area contributed by atoms with Crippen LogP contribution in [0.5, 0.6) is 0 Å². The Hall–Kier alpha value is -3.42. The minimum absolute atomic E-state index is 0.0825. The summed E-state index contributed by atoms with van der Waals surface area (Å²) in [6.07, 6.45) is 2.89. The van der Waals surface area contributed by atoms with E-state index < -0.39 is 4.92 Å². The molecule has 4 rings (SSSR count). The first kappa shape index (κ1) is 18.0. The number of likely N-dealkylation sites (tertiary alicyclic amines) is 1. The maximum absolute atomic E-state index is 12.3. The fourth-order valence-corrected chi connectivity index (χ4v) is 3.63. The van der Waals surface area contributed by atoms with E-state index in [-0.39, 0.29) is 23.5 Å². The molecule has 1 atom stereocenters. The molecule has 1 aromatic carbocycles. The van der Waals surface area contributed by atoms with Crippen molar-refractivity contribution in [1.29, 1.82) is 0 Å². The van der Waals surface area contributed by atoms with E-state index in [0.717, 1.165) is 6.42 Å². The van der Waals surface area contributed by atoms with Gasteiger partial charge in [-0.1, -0.05) is 36.4 Å². The monoisotopic (exact) mass is 379 g/mol. The molecular formula is C20H21N5O3. The number of carbonyl (C=O) groups is 1. The number of nitrogens with one attached hydrogen (secondary N) is 1. The Balaban J connectivity index is 1.38. The Morgan fingerprint density at radius 3 is 2.75 bits per heavy atom. The molecule has 144 valence electrons. The van der Waals surface area contributed by atoms with E-state index in [4.69, 9.17) is 0 Å². The molecule has 0 bridgehead atoms. The standard InChI is InChI=1S/C20H21N5O3/c26-18-12-16(14-23(18)11-9-15-6-2-1-3-7-15)13-21-19-20(25(27)28)24-10-5-4-8-17(24)22-19/h1-8,10,16,21H,9,11-14H2/t16-/m0/s1. The third-order valence-electron chi connectivity index (χ3n) is 5.04. The van der Waals surface area contributed by atoms with Crippen molar-refractivity contribution >= 4 is 23.2 Å². The second-order valence-electron chi connectivity index (χ2n) is 7.00. The largest absolute Gasteiger partial charge is 0.372 e. The molecule has 8 nitrogen and oxygen atoms in total. The van der Waals surface area contributed by atoms with Crippen molar-refractivity contribution in [3.8, 4) is 0 Å². The van der Waals surface area contributed by atoms with Gasteiger partial charge in [0.05, 0.1) is 6.20 Å². The molecule has 0 spiro atoms. The maximum atomic E-state index is 12.3. The van der Waals surface area contributed by atoms with Crippen LogP contribution in [0.3, 0.4) is 0 Å². The molecule has 1 aliphatic heterocycles. The molecule has 0 saturated carbocycles. The van der Waals surface area contributed by atoms with Crippen LogP contribution in [0.4, 0.5) is 11.6 Å². The van der Waals surface area contributed by atoms with Crippen LogP contribution in [-0.2, 0) is 11.2 Å². The number of nitro groups is 1. The first-order valence-corrected chi connectivity index (χ1v) is 9.29. The number of anilines is 1. The summed E-state index contributed by atoms with van der Waals surface area (Å²) in [7, 11) is 0. The molecular weight excluding hydrogens is 358 g/mol. The average Bonchev–Trinajstić information content (AvgIpc) is 3.25. The lowest BCUT2D eigenvalue weighted by Gasteiger charge is -2.16. The zero-order chi connectivity index (χ0) is 19.5. The molecule has 1 aliphatic rings. The van der Waals surface area contributed by atoms with Gasteiger partial charge in [-0.05, 0) is 23.0 Å². The Bertz CT molecular complexity index is 1000. The number of hydrogen-bond donors (Lipinski definition) is 1. The van der Waals surface area contributed by atoms with Gasteiger partial charge in [0.1, 0.15) is 0 Å². The number of fused-ring (bicyclic) bond motifs is 1. The van der Waals surface area contributed by atoms with Crippen LogP contribution in [0.25, 0.3) is 5.65 Å². The van der Waals surface area contributed by atoms with Crippen molar-refractivity contribution in [3.63, 3.8) is 0 Å². The number of aromatic nitrogens is 2. The predicted octanol–water partition coefficient (Wildman–Crippen LogP) is 2.75. The third kappa shape index (κ3) is 3.66. The quantitative estimate of drug-likeness (QED) is 0.503. The van der Waals surface area contributed by atoms with Crippen LogP contribution >= 0.6 is 0 Å². The van der Waals surface area contributed by atoms with Gasteiger partial charge in [-0.25, -0.2) is 0 Å². The van der Waals surface area contributed by atoms with Crippen LogP contribution < -0.4 is 5.32 Å². The summed E-state index contributed by atoms with van der Waals surface area (Å²) >= 11 is 0. The molecule has 2 aromatic heterocycles. The number of pyridine rings is 1. The Morgan fingerprint density at radius 1 is 1.18 bits per heavy atom. The van der Waals surface area contributed by atoms with Crippen molar-refractivity contribution < 1.29 is 9.72 Å². The number of nitrogens with zero attached hydrogens (tertiary/aromatic N) is 4. The molecule has 0 unspecified atom stereocenters. The van der Waals surface area contributed by atoms with E-state index in [1.807, 2.05) is 23.1 Å². The van der Waals surface area contributed by atoms with E-state index in [2.05, 4.69) is 22.4 Å². The van der Waals surface area contributed by atoms with E-state index in [9.17, 15) is 14.9 Å². The van der Waals surface area contributed by atoms with E-state index in [0.29, 0.717) is 31.7 Å².